The van der Waals surface area contributed by atoms with Crippen LogP contribution in [-0.4, -0.2) is 21.8 Å². The number of hydrogen-bond acceptors (Lipinski definition) is 4. The number of aromatic nitrogens is 1. The van der Waals surface area contributed by atoms with E-state index in [2.05, 4.69) is 10.3 Å². The second-order valence-corrected chi connectivity index (χ2v) is 8.88. The van der Waals surface area contributed by atoms with E-state index in [0.29, 0.717) is 28.9 Å². The Hall–Kier alpha value is -4.98. The van der Waals surface area contributed by atoms with Gasteiger partial charge < -0.3 is 10.4 Å². The minimum Gasteiger partial charge on any atom is -0.478 e. The van der Waals surface area contributed by atoms with E-state index in [-0.39, 0.29) is 27.8 Å². The Morgan fingerprint density at radius 3 is 2.23 bits per heavy atom. The number of rotatable bonds is 7. The third-order valence-corrected chi connectivity index (χ3v) is 6.33. The Morgan fingerprint density at radius 1 is 0.821 bits per heavy atom. The van der Waals surface area contributed by atoms with Gasteiger partial charge in [0.2, 0.25) is 0 Å². The summed E-state index contributed by atoms with van der Waals surface area (Å²) in [5, 5.41) is 12.5. The molecule has 5 aromatic rings. The molecule has 0 radical (unpaired) electrons. The number of carbonyl (C=O) groups excluding carboxylic acids is 1. The number of nitrogens with one attached hydrogen (secondary N) is 1. The lowest BCUT2D eigenvalue weighted by molar-refractivity contribution is -0.136. The number of carboxylic acid groups (broad SMARTS) is 1. The average Bonchev–Trinajstić information content (AvgIpc) is 2.95. The zero-order valence-electron chi connectivity index (χ0n) is 20.4. The normalized spacial score (nSPS) is 11.4. The summed E-state index contributed by atoms with van der Waals surface area (Å²) < 4.78 is 41.5. The molecule has 5 nitrogen and oxygen atoms in total. The lowest BCUT2D eigenvalue weighted by Crippen LogP contribution is -2.09. The summed E-state index contributed by atoms with van der Waals surface area (Å²) in [5.74, 6) is -1.37. The highest BCUT2D eigenvalue weighted by molar-refractivity contribution is 6.16. The molecule has 0 spiro atoms. The van der Waals surface area contributed by atoms with Crippen molar-refractivity contribution in [2.24, 2.45) is 0 Å². The van der Waals surface area contributed by atoms with Crippen LogP contribution in [0.15, 0.2) is 103 Å². The number of anilines is 1. The molecule has 0 fully saturated rings. The first-order chi connectivity index (χ1) is 18.7. The smallest absolute Gasteiger partial charge is 0.418 e. The maximum absolute atomic E-state index is 13.8. The molecule has 39 heavy (non-hydrogen) atoms. The fourth-order valence-electron chi connectivity index (χ4n) is 4.45. The van der Waals surface area contributed by atoms with E-state index >= 15 is 0 Å². The number of fused-ring (bicyclic) bond motifs is 1. The van der Waals surface area contributed by atoms with Crippen molar-refractivity contribution in [1.82, 2.24) is 4.98 Å². The number of pyridine rings is 1. The molecule has 1 aromatic heterocycles. The first-order valence-electron chi connectivity index (χ1n) is 12.0. The molecule has 4 aromatic carbocycles. The Bertz CT molecular complexity index is 1680. The lowest BCUT2D eigenvalue weighted by atomic mass is 9.90. The van der Waals surface area contributed by atoms with Crippen LogP contribution in [0.4, 0.5) is 18.9 Å². The molecule has 0 saturated heterocycles. The lowest BCUT2D eigenvalue weighted by Gasteiger charge is -2.16. The van der Waals surface area contributed by atoms with Crippen LogP contribution >= 0.6 is 0 Å². The number of alkyl halides is 3. The summed E-state index contributed by atoms with van der Waals surface area (Å²) >= 11 is 0. The number of carboxylic acids is 1. The second kappa shape index (κ2) is 10.4. The molecule has 0 atom stereocenters. The number of ketones is 1. The zero-order chi connectivity index (χ0) is 27.6. The van der Waals surface area contributed by atoms with Crippen LogP contribution in [0, 0.1) is 0 Å². The van der Waals surface area contributed by atoms with Crippen molar-refractivity contribution in [2.45, 2.75) is 12.7 Å². The molecule has 0 aliphatic rings. The van der Waals surface area contributed by atoms with E-state index in [9.17, 15) is 22.8 Å². The number of aromatic carboxylic acids is 1. The van der Waals surface area contributed by atoms with Crippen molar-refractivity contribution in [2.75, 3.05) is 5.32 Å². The number of hydrogen-bond donors (Lipinski definition) is 2. The molecule has 2 N–H and O–H groups in total. The van der Waals surface area contributed by atoms with E-state index in [4.69, 9.17) is 5.11 Å². The molecule has 0 aliphatic heterocycles. The second-order valence-electron chi connectivity index (χ2n) is 8.88. The molecule has 8 heteroatoms. The third kappa shape index (κ3) is 5.36. The first-order valence-corrected chi connectivity index (χ1v) is 12.0. The Labute approximate surface area is 221 Å². The topological polar surface area (TPSA) is 79.3 Å². The molecule has 0 unspecified atom stereocenters. The summed E-state index contributed by atoms with van der Waals surface area (Å²) in [4.78, 5) is 28.7. The predicted octanol–water partition coefficient (Wildman–Crippen LogP) is 7.46. The highest BCUT2D eigenvalue weighted by atomic mass is 19.4. The van der Waals surface area contributed by atoms with Gasteiger partial charge in [0, 0.05) is 40.5 Å². The van der Waals surface area contributed by atoms with Crippen LogP contribution in [0.25, 0.3) is 22.0 Å². The minimum atomic E-state index is -4.61. The van der Waals surface area contributed by atoms with Gasteiger partial charge >= 0.3 is 12.1 Å². The van der Waals surface area contributed by atoms with Crippen LogP contribution in [0.2, 0.25) is 0 Å². The number of carbonyl (C=O) groups is 2. The third-order valence-electron chi connectivity index (χ3n) is 6.33. The van der Waals surface area contributed by atoms with Crippen molar-refractivity contribution in [1.29, 1.82) is 0 Å². The van der Waals surface area contributed by atoms with E-state index < -0.39 is 17.7 Å². The molecule has 0 amide bonds. The summed E-state index contributed by atoms with van der Waals surface area (Å²) in [7, 11) is 0. The van der Waals surface area contributed by atoms with Gasteiger partial charge in [-0.3, -0.25) is 9.78 Å². The van der Waals surface area contributed by atoms with Crippen molar-refractivity contribution in [3.05, 3.63) is 131 Å². The molecule has 0 bridgehead atoms. The van der Waals surface area contributed by atoms with Crippen molar-refractivity contribution in [3.8, 4) is 11.1 Å². The summed E-state index contributed by atoms with van der Waals surface area (Å²) in [6, 6.07) is 25.8. The standard InChI is InChI=1S/C31H21F3N2O3/c32-31(33,34)26-11-5-10-24-27(25(18-36-28(24)26)29(37)20-7-2-1-3-8-20)22-9-4-6-19(16-22)17-35-23-14-12-21(13-15-23)30(38)39/h1-16,18,35H,17H2,(H,38,39). The minimum absolute atomic E-state index is 0.168. The molecule has 0 aliphatic carbocycles. The highest BCUT2D eigenvalue weighted by Crippen LogP contribution is 2.39. The fraction of sp³-hybridized carbons (Fsp3) is 0.0645. The van der Waals surface area contributed by atoms with Crippen molar-refractivity contribution >= 4 is 28.3 Å². The van der Waals surface area contributed by atoms with E-state index in [1.54, 1.807) is 60.7 Å². The van der Waals surface area contributed by atoms with Gasteiger partial charge in [-0.2, -0.15) is 13.2 Å². The van der Waals surface area contributed by atoms with Gasteiger partial charge in [0.15, 0.2) is 5.78 Å². The largest absolute Gasteiger partial charge is 0.478 e. The van der Waals surface area contributed by atoms with Gasteiger partial charge in [0.05, 0.1) is 16.6 Å². The highest BCUT2D eigenvalue weighted by Gasteiger charge is 2.34. The van der Waals surface area contributed by atoms with Crippen LogP contribution in [0.3, 0.4) is 0 Å². The number of halogens is 3. The van der Waals surface area contributed by atoms with Gasteiger partial charge in [-0.15, -0.1) is 0 Å². The molecule has 1 heterocycles. The van der Waals surface area contributed by atoms with Gasteiger partial charge in [0.25, 0.3) is 0 Å². The zero-order valence-corrected chi connectivity index (χ0v) is 20.4. The van der Waals surface area contributed by atoms with Crippen LogP contribution in [-0.2, 0) is 12.7 Å². The first kappa shape index (κ1) is 25.7. The molecular weight excluding hydrogens is 505 g/mol. The van der Waals surface area contributed by atoms with Gasteiger partial charge in [-0.1, -0.05) is 60.7 Å². The summed E-state index contributed by atoms with van der Waals surface area (Å²) in [5.41, 5.74) is 2.11. The number of benzene rings is 4. The van der Waals surface area contributed by atoms with Gasteiger partial charge in [-0.05, 0) is 47.5 Å². The van der Waals surface area contributed by atoms with Crippen molar-refractivity contribution < 1.29 is 27.9 Å². The van der Waals surface area contributed by atoms with Crippen LogP contribution in [0.1, 0.15) is 37.4 Å². The Kier molecular flexibility index (Phi) is 6.85. The van der Waals surface area contributed by atoms with E-state index in [1.165, 1.54) is 24.4 Å². The monoisotopic (exact) mass is 526 g/mol. The van der Waals surface area contributed by atoms with E-state index in [0.717, 1.165) is 11.6 Å². The predicted molar refractivity (Wildman–Crippen MR) is 143 cm³/mol. The van der Waals surface area contributed by atoms with Crippen LogP contribution in [0.5, 0.6) is 0 Å². The molecule has 5 rings (SSSR count). The van der Waals surface area contributed by atoms with Crippen LogP contribution < -0.4 is 5.32 Å². The fourth-order valence-corrected chi connectivity index (χ4v) is 4.45. The SMILES string of the molecule is O=C(O)c1ccc(NCc2cccc(-c3c(C(=O)c4ccccc4)cnc4c(C(F)(F)F)cccc34)c2)cc1. The van der Waals surface area contributed by atoms with E-state index in [1.807, 2.05) is 12.1 Å². The average molecular weight is 527 g/mol. The maximum Gasteiger partial charge on any atom is 0.418 e. The van der Waals surface area contributed by atoms with Gasteiger partial charge in [0.1, 0.15) is 0 Å². The molecule has 194 valence electrons. The number of para-hydroxylation sites is 1. The van der Waals surface area contributed by atoms with Crippen molar-refractivity contribution in [3.63, 3.8) is 0 Å². The summed E-state index contributed by atoms with van der Waals surface area (Å²) in [6.45, 7) is 0.360. The number of nitrogens with zero attached hydrogens (tertiary/aromatic N) is 1. The Morgan fingerprint density at radius 2 is 1.54 bits per heavy atom. The molecular formula is C31H21F3N2O3. The molecule has 0 saturated carbocycles. The quantitative estimate of drug-likeness (QED) is 0.215. The summed E-state index contributed by atoms with van der Waals surface area (Å²) in [6.07, 6.45) is -3.39. The van der Waals surface area contributed by atoms with Gasteiger partial charge in [-0.25, -0.2) is 4.79 Å². The Balaban J connectivity index is 1.59. The maximum atomic E-state index is 13.8.